The van der Waals surface area contributed by atoms with Crippen molar-refractivity contribution in [3.8, 4) is 11.1 Å². The summed E-state index contributed by atoms with van der Waals surface area (Å²) in [7, 11) is 0. The van der Waals surface area contributed by atoms with Gasteiger partial charge in [-0.05, 0) is 48.4 Å². The number of rotatable bonds is 4. The molecule has 0 aliphatic heterocycles. The van der Waals surface area contributed by atoms with E-state index in [1.807, 2.05) is 67.6 Å². The zero-order valence-corrected chi connectivity index (χ0v) is 13.2. The van der Waals surface area contributed by atoms with Gasteiger partial charge in [-0.3, -0.25) is 0 Å². The first-order valence-electron chi connectivity index (χ1n) is 7.55. The Kier molecular flexibility index (Phi) is 4.47. The summed E-state index contributed by atoms with van der Waals surface area (Å²) in [5.74, 6) is -0.929. The van der Waals surface area contributed by atoms with Gasteiger partial charge < -0.3 is 5.11 Å². The Morgan fingerprint density at radius 3 is 2.25 bits per heavy atom. The predicted molar refractivity (Wildman–Crippen MR) is 94.2 cm³/mol. The zero-order valence-electron chi connectivity index (χ0n) is 13.2. The zero-order chi connectivity index (χ0) is 16.9. The summed E-state index contributed by atoms with van der Waals surface area (Å²) in [4.78, 5) is 11.1. The van der Waals surface area contributed by atoms with Crippen LogP contribution in [0.1, 0.15) is 15.9 Å². The maximum Gasteiger partial charge on any atom is 0.335 e. The maximum atomic E-state index is 11.1. The lowest BCUT2D eigenvalue weighted by Crippen LogP contribution is -1.97. The molecule has 0 bridgehead atoms. The standard InChI is InChI=1S/C20H16N2O2/c1-14-13-15(20(23)24)11-12-17(14)18-9-5-6-10-19(18)22-21-16-7-3-2-4-8-16/h2-13H,1H3,(H,23,24)/b22-21+. The number of aryl methyl sites for hydroxylation is 1. The van der Waals surface area contributed by atoms with Crippen LogP contribution < -0.4 is 0 Å². The lowest BCUT2D eigenvalue weighted by atomic mass is 9.97. The summed E-state index contributed by atoms with van der Waals surface area (Å²) in [5, 5.41) is 17.7. The van der Waals surface area contributed by atoms with Crippen molar-refractivity contribution in [1.29, 1.82) is 0 Å². The summed E-state index contributed by atoms with van der Waals surface area (Å²) in [6.07, 6.45) is 0. The minimum atomic E-state index is -0.929. The number of carbonyl (C=O) groups is 1. The van der Waals surface area contributed by atoms with Gasteiger partial charge in [0, 0.05) is 5.56 Å². The van der Waals surface area contributed by atoms with E-state index in [4.69, 9.17) is 5.11 Å². The SMILES string of the molecule is Cc1cc(C(=O)O)ccc1-c1ccccc1/N=N/c1ccccc1. The molecule has 0 saturated carbocycles. The van der Waals surface area contributed by atoms with E-state index in [0.717, 1.165) is 28.1 Å². The first-order valence-corrected chi connectivity index (χ1v) is 7.55. The van der Waals surface area contributed by atoms with Crippen LogP contribution in [-0.2, 0) is 0 Å². The third kappa shape index (κ3) is 3.38. The first-order chi connectivity index (χ1) is 11.6. The molecule has 4 heteroatoms. The Morgan fingerprint density at radius 2 is 1.54 bits per heavy atom. The predicted octanol–water partition coefficient (Wildman–Crippen LogP) is 5.78. The smallest absolute Gasteiger partial charge is 0.335 e. The van der Waals surface area contributed by atoms with Crippen LogP contribution in [0, 0.1) is 6.92 Å². The number of benzene rings is 3. The van der Waals surface area contributed by atoms with Crippen molar-refractivity contribution in [2.24, 2.45) is 10.2 Å². The van der Waals surface area contributed by atoms with Crippen molar-refractivity contribution in [1.82, 2.24) is 0 Å². The van der Waals surface area contributed by atoms with Crippen LogP contribution in [0.4, 0.5) is 11.4 Å². The molecule has 4 nitrogen and oxygen atoms in total. The minimum absolute atomic E-state index is 0.277. The molecule has 0 unspecified atom stereocenters. The highest BCUT2D eigenvalue weighted by atomic mass is 16.4. The number of hydrogen-bond donors (Lipinski definition) is 1. The molecule has 3 aromatic rings. The van der Waals surface area contributed by atoms with Crippen LogP contribution in [0.25, 0.3) is 11.1 Å². The second kappa shape index (κ2) is 6.87. The van der Waals surface area contributed by atoms with Crippen LogP contribution in [0.5, 0.6) is 0 Å². The normalized spacial score (nSPS) is 10.9. The molecule has 118 valence electrons. The Morgan fingerprint density at radius 1 is 0.833 bits per heavy atom. The van der Waals surface area contributed by atoms with Crippen LogP contribution in [0.2, 0.25) is 0 Å². The summed E-state index contributed by atoms with van der Waals surface area (Å²) >= 11 is 0. The molecule has 0 saturated heterocycles. The molecule has 0 radical (unpaired) electrons. The Balaban J connectivity index is 2.01. The molecule has 1 N–H and O–H groups in total. The molecule has 0 heterocycles. The van der Waals surface area contributed by atoms with Crippen LogP contribution in [-0.4, -0.2) is 11.1 Å². The van der Waals surface area contributed by atoms with Crippen molar-refractivity contribution in [2.75, 3.05) is 0 Å². The minimum Gasteiger partial charge on any atom is -0.478 e. The van der Waals surface area contributed by atoms with E-state index < -0.39 is 5.97 Å². The van der Waals surface area contributed by atoms with Gasteiger partial charge in [-0.2, -0.15) is 5.11 Å². The lowest BCUT2D eigenvalue weighted by Gasteiger charge is -2.09. The monoisotopic (exact) mass is 316 g/mol. The molecule has 0 amide bonds. The van der Waals surface area contributed by atoms with E-state index in [9.17, 15) is 4.79 Å². The van der Waals surface area contributed by atoms with Gasteiger partial charge >= 0.3 is 5.97 Å². The van der Waals surface area contributed by atoms with E-state index in [1.54, 1.807) is 12.1 Å². The van der Waals surface area contributed by atoms with Crippen molar-refractivity contribution >= 4 is 17.3 Å². The Hall–Kier alpha value is -3.27. The van der Waals surface area contributed by atoms with Crippen molar-refractivity contribution in [3.05, 3.63) is 83.9 Å². The molecular weight excluding hydrogens is 300 g/mol. The molecule has 3 aromatic carbocycles. The van der Waals surface area contributed by atoms with E-state index >= 15 is 0 Å². The highest BCUT2D eigenvalue weighted by Crippen LogP contribution is 2.33. The average molecular weight is 316 g/mol. The van der Waals surface area contributed by atoms with Crippen molar-refractivity contribution < 1.29 is 9.90 Å². The van der Waals surface area contributed by atoms with Crippen LogP contribution in [0.15, 0.2) is 83.0 Å². The Bertz CT molecular complexity index is 903. The van der Waals surface area contributed by atoms with Gasteiger partial charge in [0.25, 0.3) is 0 Å². The lowest BCUT2D eigenvalue weighted by molar-refractivity contribution is 0.0697. The molecular formula is C20H16N2O2. The number of azo groups is 1. The topological polar surface area (TPSA) is 62.0 Å². The van der Waals surface area contributed by atoms with E-state index in [1.165, 1.54) is 0 Å². The fraction of sp³-hybridized carbons (Fsp3) is 0.0500. The van der Waals surface area contributed by atoms with E-state index in [0.29, 0.717) is 0 Å². The van der Waals surface area contributed by atoms with Crippen molar-refractivity contribution in [2.45, 2.75) is 6.92 Å². The number of carboxylic acids is 1. The van der Waals surface area contributed by atoms with Gasteiger partial charge in [-0.1, -0.05) is 42.5 Å². The summed E-state index contributed by atoms with van der Waals surface area (Å²) < 4.78 is 0. The quantitative estimate of drug-likeness (QED) is 0.620. The molecule has 3 rings (SSSR count). The largest absolute Gasteiger partial charge is 0.478 e. The van der Waals surface area contributed by atoms with Crippen molar-refractivity contribution in [3.63, 3.8) is 0 Å². The number of carboxylic acid groups (broad SMARTS) is 1. The summed E-state index contributed by atoms with van der Waals surface area (Å²) in [6.45, 7) is 1.90. The van der Waals surface area contributed by atoms with Gasteiger partial charge in [0.05, 0.1) is 16.9 Å². The van der Waals surface area contributed by atoms with Gasteiger partial charge in [-0.25, -0.2) is 4.79 Å². The second-order valence-electron chi connectivity index (χ2n) is 5.39. The van der Waals surface area contributed by atoms with Crippen LogP contribution >= 0.6 is 0 Å². The summed E-state index contributed by atoms with van der Waals surface area (Å²) in [6, 6.07) is 22.3. The molecule has 0 aromatic heterocycles. The Labute approximate surface area is 140 Å². The number of nitrogens with zero attached hydrogens (tertiary/aromatic N) is 2. The maximum absolute atomic E-state index is 11.1. The highest BCUT2D eigenvalue weighted by Gasteiger charge is 2.10. The number of aromatic carboxylic acids is 1. The first kappa shape index (κ1) is 15.6. The fourth-order valence-corrected chi connectivity index (χ4v) is 2.49. The summed E-state index contributed by atoms with van der Waals surface area (Å²) in [5.41, 5.74) is 4.56. The highest BCUT2D eigenvalue weighted by molar-refractivity contribution is 5.89. The third-order valence-electron chi connectivity index (χ3n) is 3.70. The third-order valence-corrected chi connectivity index (χ3v) is 3.70. The molecule has 0 fully saturated rings. The molecule has 0 aliphatic carbocycles. The van der Waals surface area contributed by atoms with Gasteiger partial charge in [0.15, 0.2) is 0 Å². The van der Waals surface area contributed by atoms with Gasteiger partial charge in [0.2, 0.25) is 0 Å². The van der Waals surface area contributed by atoms with E-state index in [-0.39, 0.29) is 5.56 Å². The second-order valence-corrected chi connectivity index (χ2v) is 5.39. The van der Waals surface area contributed by atoms with E-state index in [2.05, 4.69) is 10.2 Å². The number of hydrogen-bond acceptors (Lipinski definition) is 3. The molecule has 24 heavy (non-hydrogen) atoms. The van der Waals surface area contributed by atoms with Gasteiger partial charge in [-0.15, -0.1) is 5.11 Å². The fourth-order valence-electron chi connectivity index (χ4n) is 2.49. The van der Waals surface area contributed by atoms with Crippen LogP contribution in [0.3, 0.4) is 0 Å². The molecule has 0 spiro atoms. The average Bonchev–Trinajstić information content (AvgIpc) is 2.61. The van der Waals surface area contributed by atoms with Gasteiger partial charge in [0.1, 0.15) is 0 Å². The molecule has 0 atom stereocenters. The molecule has 0 aliphatic rings.